The van der Waals surface area contributed by atoms with Crippen molar-refractivity contribution in [2.45, 2.75) is 18.2 Å². The zero-order chi connectivity index (χ0) is 12.4. The summed E-state index contributed by atoms with van der Waals surface area (Å²) >= 11 is 6.87. The first-order chi connectivity index (χ1) is 8.11. The topological polar surface area (TPSA) is 30.7 Å². The number of nitrogens with zero attached hydrogens (tertiary/aromatic N) is 3. The van der Waals surface area contributed by atoms with Crippen LogP contribution in [0.5, 0.6) is 0 Å². The highest BCUT2D eigenvalue weighted by atomic mass is 79.9. The van der Waals surface area contributed by atoms with E-state index in [0.717, 1.165) is 16.6 Å². The van der Waals surface area contributed by atoms with Gasteiger partial charge in [0.05, 0.1) is 22.4 Å². The predicted octanol–water partition coefficient (Wildman–Crippen LogP) is 4.01. The Morgan fingerprint density at radius 3 is 2.94 bits per heavy atom. The Hall–Kier alpha value is -0.750. The molecule has 90 valence electrons. The Morgan fingerprint density at radius 2 is 2.24 bits per heavy atom. The molecule has 0 saturated carbocycles. The van der Waals surface area contributed by atoms with Crippen LogP contribution in [0.4, 0.5) is 4.39 Å². The van der Waals surface area contributed by atoms with Crippen molar-refractivity contribution in [1.29, 1.82) is 0 Å². The average Bonchev–Trinajstić information content (AvgIpc) is 2.80. The molecule has 0 aliphatic heterocycles. The minimum absolute atomic E-state index is 0.170. The fourth-order valence-electron chi connectivity index (χ4n) is 1.41. The summed E-state index contributed by atoms with van der Waals surface area (Å²) in [4.78, 5) is 0.170. The SMILES string of the molecule is CCC(Br)c1cn(-c2cc(F)ccc2Br)nn1. The number of hydrogen-bond acceptors (Lipinski definition) is 2. The second-order valence-corrected chi connectivity index (χ2v) is 5.52. The van der Waals surface area contributed by atoms with E-state index in [9.17, 15) is 4.39 Å². The van der Waals surface area contributed by atoms with Crippen molar-refractivity contribution in [1.82, 2.24) is 15.0 Å². The normalized spacial score (nSPS) is 12.7. The lowest BCUT2D eigenvalue weighted by Gasteiger charge is -2.03. The summed E-state index contributed by atoms with van der Waals surface area (Å²) in [5.41, 5.74) is 1.48. The summed E-state index contributed by atoms with van der Waals surface area (Å²) in [7, 11) is 0. The van der Waals surface area contributed by atoms with Crippen LogP contribution < -0.4 is 0 Å². The molecule has 0 bridgehead atoms. The van der Waals surface area contributed by atoms with Gasteiger partial charge in [-0.25, -0.2) is 9.07 Å². The summed E-state index contributed by atoms with van der Waals surface area (Å²) in [6, 6.07) is 4.46. The molecule has 0 radical (unpaired) electrons. The first-order valence-corrected chi connectivity index (χ1v) is 6.84. The fraction of sp³-hybridized carbons (Fsp3) is 0.273. The standard InChI is InChI=1S/C11H10Br2FN3/c1-2-8(12)10-6-17(16-15-10)11-5-7(14)3-4-9(11)13/h3-6,8H,2H2,1H3. The molecule has 1 aromatic heterocycles. The number of rotatable bonds is 3. The van der Waals surface area contributed by atoms with Gasteiger partial charge >= 0.3 is 0 Å². The molecule has 1 aromatic carbocycles. The van der Waals surface area contributed by atoms with Gasteiger partial charge in [0.25, 0.3) is 0 Å². The molecule has 6 heteroatoms. The molecule has 2 rings (SSSR count). The highest BCUT2D eigenvalue weighted by Gasteiger charge is 2.12. The lowest BCUT2D eigenvalue weighted by Crippen LogP contribution is -1.96. The molecule has 0 aliphatic carbocycles. The van der Waals surface area contributed by atoms with Crippen molar-refractivity contribution in [2.24, 2.45) is 0 Å². The van der Waals surface area contributed by atoms with Crippen LogP contribution in [0, 0.1) is 5.82 Å². The van der Waals surface area contributed by atoms with E-state index >= 15 is 0 Å². The van der Waals surface area contributed by atoms with Crippen molar-refractivity contribution in [3.63, 3.8) is 0 Å². The number of hydrogen-bond donors (Lipinski definition) is 0. The van der Waals surface area contributed by atoms with Gasteiger partial charge in [-0.1, -0.05) is 28.1 Å². The van der Waals surface area contributed by atoms with Gasteiger partial charge in [0.15, 0.2) is 0 Å². The lowest BCUT2D eigenvalue weighted by atomic mass is 10.3. The van der Waals surface area contributed by atoms with E-state index in [4.69, 9.17) is 0 Å². The van der Waals surface area contributed by atoms with Gasteiger partial charge in [0.2, 0.25) is 0 Å². The minimum Gasteiger partial charge on any atom is -0.219 e. The molecule has 0 amide bonds. The largest absolute Gasteiger partial charge is 0.219 e. The second kappa shape index (κ2) is 5.27. The number of aromatic nitrogens is 3. The van der Waals surface area contributed by atoms with Crippen molar-refractivity contribution in [2.75, 3.05) is 0 Å². The maximum Gasteiger partial charge on any atom is 0.125 e. The van der Waals surface area contributed by atoms with Crippen LogP contribution in [0.25, 0.3) is 5.69 Å². The highest BCUT2D eigenvalue weighted by Crippen LogP contribution is 2.26. The Labute approximate surface area is 115 Å². The van der Waals surface area contributed by atoms with E-state index in [1.807, 2.05) is 0 Å². The van der Waals surface area contributed by atoms with Crippen LogP contribution in [0.15, 0.2) is 28.9 Å². The van der Waals surface area contributed by atoms with Crippen molar-refractivity contribution in [3.05, 3.63) is 40.4 Å². The Bertz CT molecular complexity index is 527. The molecule has 17 heavy (non-hydrogen) atoms. The number of alkyl halides is 1. The van der Waals surface area contributed by atoms with Crippen LogP contribution in [0.1, 0.15) is 23.9 Å². The molecule has 0 fully saturated rings. The fourth-order valence-corrected chi connectivity index (χ4v) is 2.05. The third-order valence-corrected chi connectivity index (χ3v) is 4.13. The van der Waals surface area contributed by atoms with Crippen LogP contribution in [-0.4, -0.2) is 15.0 Å². The molecule has 2 aromatic rings. The third-order valence-electron chi connectivity index (χ3n) is 2.35. The summed E-state index contributed by atoms with van der Waals surface area (Å²) in [6.45, 7) is 2.05. The summed E-state index contributed by atoms with van der Waals surface area (Å²) in [6.07, 6.45) is 2.71. The molecule has 1 unspecified atom stereocenters. The van der Waals surface area contributed by atoms with Gasteiger partial charge in [-0.3, -0.25) is 0 Å². The van der Waals surface area contributed by atoms with Gasteiger partial charge in [-0.15, -0.1) is 5.10 Å². The first kappa shape index (κ1) is 12.7. The lowest BCUT2D eigenvalue weighted by molar-refractivity contribution is 0.624. The monoisotopic (exact) mass is 361 g/mol. The molecule has 1 heterocycles. The van der Waals surface area contributed by atoms with E-state index in [1.165, 1.54) is 12.1 Å². The summed E-state index contributed by atoms with van der Waals surface area (Å²) in [5.74, 6) is -0.300. The van der Waals surface area contributed by atoms with Crippen molar-refractivity contribution >= 4 is 31.9 Å². The Morgan fingerprint density at radius 1 is 1.47 bits per heavy atom. The predicted molar refractivity (Wildman–Crippen MR) is 71.0 cm³/mol. The molecule has 0 aliphatic rings. The smallest absolute Gasteiger partial charge is 0.125 e. The zero-order valence-electron chi connectivity index (χ0n) is 9.07. The van der Waals surface area contributed by atoms with E-state index < -0.39 is 0 Å². The van der Waals surface area contributed by atoms with E-state index in [2.05, 4.69) is 49.1 Å². The highest BCUT2D eigenvalue weighted by molar-refractivity contribution is 9.10. The second-order valence-electron chi connectivity index (χ2n) is 3.56. The van der Waals surface area contributed by atoms with Gasteiger partial charge in [0, 0.05) is 10.5 Å². The Balaban J connectivity index is 2.40. The maximum absolute atomic E-state index is 13.2. The molecule has 3 nitrogen and oxygen atoms in total. The van der Waals surface area contributed by atoms with E-state index in [0.29, 0.717) is 5.69 Å². The maximum atomic E-state index is 13.2. The first-order valence-electron chi connectivity index (χ1n) is 5.13. The summed E-state index contributed by atoms with van der Waals surface area (Å²) < 4.78 is 15.5. The molecule has 1 atom stereocenters. The van der Waals surface area contributed by atoms with Crippen molar-refractivity contribution in [3.8, 4) is 5.69 Å². The quantitative estimate of drug-likeness (QED) is 0.772. The molecule has 0 N–H and O–H groups in total. The van der Waals surface area contributed by atoms with E-state index in [-0.39, 0.29) is 10.6 Å². The Kier molecular flexibility index (Phi) is 3.93. The number of benzene rings is 1. The van der Waals surface area contributed by atoms with Crippen LogP contribution in [0.3, 0.4) is 0 Å². The van der Waals surface area contributed by atoms with Gasteiger partial charge in [0.1, 0.15) is 5.82 Å². The van der Waals surface area contributed by atoms with Crippen LogP contribution in [-0.2, 0) is 0 Å². The minimum atomic E-state index is -0.300. The zero-order valence-corrected chi connectivity index (χ0v) is 12.2. The number of halogens is 3. The van der Waals surface area contributed by atoms with Gasteiger partial charge in [-0.05, 0) is 34.5 Å². The van der Waals surface area contributed by atoms with Gasteiger partial charge < -0.3 is 0 Å². The molecular formula is C11H10Br2FN3. The molecular weight excluding hydrogens is 353 g/mol. The van der Waals surface area contributed by atoms with E-state index in [1.54, 1.807) is 16.9 Å². The van der Waals surface area contributed by atoms with Crippen molar-refractivity contribution < 1.29 is 4.39 Å². The van der Waals surface area contributed by atoms with Crippen LogP contribution >= 0.6 is 31.9 Å². The molecule has 0 saturated heterocycles. The third kappa shape index (κ3) is 2.74. The van der Waals surface area contributed by atoms with Crippen LogP contribution in [0.2, 0.25) is 0 Å². The summed E-state index contributed by atoms with van der Waals surface area (Å²) in [5, 5.41) is 8.05. The average molecular weight is 363 g/mol. The molecule has 0 spiro atoms. The van der Waals surface area contributed by atoms with Gasteiger partial charge in [-0.2, -0.15) is 0 Å².